The second-order valence-corrected chi connectivity index (χ2v) is 4.47. The Kier molecular flexibility index (Phi) is 2.21. The van der Waals surface area contributed by atoms with Crippen molar-refractivity contribution in [3.8, 4) is 0 Å². The van der Waals surface area contributed by atoms with Crippen LogP contribution in [0.15, 0.2) is 30.6 Å². The van der Waals surface area contributed by atoms with Crippen LogP contribution in [0.1, 0.15) is 0 Å². The van der Waals surface area contributed by atoms with Crippen LogP contribution in [-0.4, -0.2) is 14.9 Å². The van der Waals surface area contributed by atoms with Crippen molar-refractivity contribution in [3.63, 3.8) is 0 Å². The Labute approximate surface area is 81.3 Å². The van der Waals surface area contributed by atoms with Crippen molar-refractivity contribution in [3.05, 3.63) is 34.3 Å². The van der Waals surface area contributed by atoms with E-state index in [4.69, 9.17) is 0 Å². The summed E-state index contributed by atoms with van der Waals surface area (Å²) in [6.07, 6.45) is 1.65. The van der Waals surface area contributed by atoms with Crippen molar-refractivity contribution in [2.75, 3.05) is 4.93 Å². The first kappa shape index (κ1) is 7.91. The third-order valence-electron chi connectivity index (χ3n) is 1.67. The molecule has 1 aromatic heterocycles. The van der Waals surface area contributed by atoms with Gasteiger partial charge in [-0.3, -0.25) is 0 Å². The van der Waals surface area contributed by atoms with Crippen LogP contribution < -0.4 is 21.2 Å². The van der Waals surface area contributed by atoms with Crippen molar-refractivity contribution in [2.24, 2.45) is 0 Å². The summed E-state index contributed by atoms with van der Waals surface area (Å²) in [4.78, 5) is 10.7. The molecule has 2 aromatic rings. The van der Waals surface area contributed by atoms with E-state index in [1.807, 2.05) is 18.2 Å². The number of halogens is 1. The molecule has 0 aliphatic heterocycles. The van der Waals surface area contributed by atoms with E-state index in [2.05, 4.69) is 21.0 Å². The molecule has 0 atom stereocenters. The number of benzene rings is 1. The van der Waals surface area contributed by atoms with Gasteiger partial charge in [0.2, 0.25) is 0 Å². The number of aromatic nitrogens is 2. The monoisotopic (exact) mass is 271 g/mol. The quantitative estimate of drug-likeness (QED) is 0.359. The fourth-order valence-electron chi connectivity index (χ4n) is 1.12. The van der Waals surface area contributed by atoms with Crippen LogP contribution in [0.5, 0.6) is 0 Å². The number of rotatable bonds is 1. The predicted octanol–water partition coefficient (Wildman–Crippen LogP) is -1.48. The van der Waals surface area contributed by atoms with Crippen molar-refractivity contribution >= 4 is 10.9 Å². The van der Waals surface area contributed by atoms with Gasteiger partial charge in [0.1, 0.15) is 0 Å². The van der Waals surface area contributed by atoms with E-state index >= 15 is 0 Å². The Hall–Kier alpha value is -0.710. The number of alkyl halides is 1. The molecule has 0 amide bonds. The Morgan fingerprint density at radius 2 is 2.00 bits per heavy atom. The number of fused-ring (bicyclic) bond motifs is 1. The zero-order valence-corrected chi connectivity index (χ0v) is 8.82. The van der Waals surface area contributed by atoms with Gasteiger partial charge in [-0.1, -0.05) is 0 Å². The van der Waals surface area contributed by atoms with Crippen LogP contribution in [0, 0.1) is 3.70 Å². The van der Waals surface area contributed by atoms with Gasteiger partial charge in [-0.15, -0.1) is 0 Å². The SMILES string of the molecule is C[I-]c1ncnc2ccccc12. The molecule has 2 nitrogen and oxygen atoms in total. The Balaban J connectivity index is 2.79. The summed E-state index contributed by atoms with van der Waals surface area (Å²) in [7, 11) is 0. The van der Waals surface area contributed by atoms with Gasteiger partial charge in [0.05, 0.1) is 0 Å². The molecule has 0 unspecified atom stereocenters. The molecular formula is C9H8IN2-. The molecule has 2 rings (SSSR count). The summed E-state index contributed by atoms with van der Waals surface area (Å²) < 4.78 is 1.24. The topological polar surface area (TPSA) is 25.8 Å². The van der Waals surface area contributed by atoms with Crippen LogP contribution in [0.4, 0.5) is 0 Å². The average Bonchev–Trinajstić information content (AvgIpc) is 2.17. The van der Waals surface area contributed by atoms with Crippen molar-refractivity contribution < 1.29 is 21.2 Å². The van der Waals surface area contributed by atoms with Crippen molar-refractivity contribution in [2.45, 2.75) is 0 Å². The van der Waals surface area contributed by atoms with Crippen LogP contribution in [-0.2, 0) is 0 Å². The van der Waals surface area contributed by atoms with E-state index in [-0.39, 0.29) is 21.2 Å². The van der Waals surface area contributed by atoms with Crippen LogP contribution in [0.3, 0.4) is 0 Å². The molecule has 1 heterocycles. The maximum atomic E-state index is 4.26. The molecule has 0 bridgehead atoms. The first-order valence-corrected chi connectivity index (χ1v) is 6.84. The van der Waals surface area contributed by atoms with Crippen molar-refractivity contribution in [1.29, 1.82) is 0 Å². The fourth-order valence-corrected chi connectivity index (χ4v) is 2.56. The molecule has 12 heavy (non-hydrogen) atoms. The van der Waals surface area contributed by atoms with Gasteiger partial charge in [-0.2, -0.15) is 0 Å². The molecule has 0 N–H and O–H groups in total. The first-order valence-electron chi connectivity index (χ1n) is 3.61. The average molecular weight is 271 g/mol. The van der Waals surface area contributed by atoms with Crippen LogP contribution >= 0.6 is 0 Å². The second-order valence-electron chi connectivity index (χ2n) is 2.37. The van der Waals surface area contributed by atoms with E-state index in [9.17, 15) is 0 Å². The van der Waals surface area contributed by atoms with Gasteiger partial charge < -0.3 is 0 Å². The zero-order chi connectivity index (χ0) is 8.39. The Morgan fingerprint density at radius 1 is 1.17 bits per heavy atom. The third-order valence-corrected chi connectivity index (χ3v) is 3.55. The number of para-hydroxylation sites is 1. The van der Waals surface area contributed by atoms with Crippen LogP contribution in [0.25, 0.3) is 10.9 Å². The van der Waals surface area contributed by atoms with Crippen molar-refractivity contribution in [1.82, 2.24) is 9.97 Å². The van der Waals surface area contributed by atoms with Gasteiger partial charge in [-0.05, 0) is 0 Å². The summed E-state index contributed by atoms with van der Waals surface area (Å²) in [6, 6.07) is 8.16. The summed E-state index contributed by atoms with van der Waals surface area (Å²) in [5.74, 6) is 0. The van der Waals surface area contributed by atoms with E-state index in [1.165, 1.54) is 9.09 Å². The third kappa shape index (κ3) is 1.29. The summed E-state index contributed by atoms with van der Waals surface area (Å²) in [5.41, 5.74) is 1.06. The van der Waals surface area contributed by atoms with E-state index in [0.717, 1.165) is 5.52 Å². The number of hydrogen-bond donors (Lipinski definition) is 0. The molecule has 3 heteroatoms. The standard InChI is InChI=1S/C9H8IN2/c1-10-9-7-4-2-3-5-8(7)11-6-12-9/h2-6H,1H3/q-1. The van der Waals surface area contributed by atoms with Gasteiger partial charge in [0.25, 0.3) is 0 Å². The van der Waals surface area contributed by atoms with Gasteiger partial charge in [0, 0.05) is 0 Å². The van der Waals surface area contributed by atoms with Gasteiger partial charge in [-0.25, -0.2) is 0 Å². The molecule has 62 valence electrons. The second kappa shape index (κ2) is 3.35. The number of hydrogen-bond acceptors (Lipinski definition) is 2. The molecule has 0 saturated carbocycles. The maximum absolute atomic E-state index is 4.26. The number of nitrogens with zero attached hydrogens (tertiary/aromatic N) is 2. The molecular weight excluding hydrogens is 263 g/mol. The van der Waals surface area contributed by atoms with Gasteiger partial charge >= 0.3 is 81.3 Å². The molecule has 0 radical (unpaired) electrons. The van der Waals surface area contributed by atoms with Gasteiger partial charge in [0.15, 0.2) is 0 Å². The molecule has 0 aliphatic rings. The minimum atomic E-state index is 0.0560. The minimum absolute atomic E-state index is 0.0560. The normalized spacial score (nSPS) is 10.8. The van der Waals surface area contributed by atoms with E-state index in [0.29, 0.717) is 0 Å². The van der Waals surface area contributed by atoms with E-state index < -0.39 is 0 Å². The molecule has 0 fully saturated rings. The predicted molar refractivity (Wildman–Crippen MR) is 44.2 cm³/mol. The van der Waals surface area contributed by atoms with E-state index in [1.54, 1.807) is 6.33 Å². The zero-order valence-electron chi connectivity index (χ0n) is 6.66. The van der Waals surface area contributed by atoms with Crippen LogP contribution in [0.2, 0.25) is 0 Å². The fraction of sp³-hybridized carbons (Fsp3) is 0.111. The summed E-state index contributed by atoms with van der Waals surface area (Å²) >= 11 is 0.0560. The Bertz CT molecular complexity index is 395. The molecule has 0 aliphatic carbocycles. The Morgan fingerprint density at radius 3 is 2.83 bits per heavy atom. The molecule has 1 aromatic carbocycles. The first-order chi connectivity index (χ1) is 5.92. The molecule has 0 saturated heterocycles. The summed E-state index contributed by atoms with van der Waals surface area (Å²) in [6.45, 7) is 0. The molecule has 0 spiro atoms. The summed E-state index contributed by atoms with van der Waals surface area (Å²) in [5, 5.41) is 1.22.